The molecule has 118 valence electrons. The van der Waals surface area contributed by atoms with Crippen molar-refractivity contribution in [2.24, 2.45) is 5.41 Å². The van der Waals surface area contributed by atoms with E-state index >= 15 is 0 Å². The Kier molecular flexibility index (Phi) is 5.25. The fourth-order valence-corrected chi connectivity index (χ4v) is 3.59. The minimum Gasteiger partial charge on any atom is -0.390 e. The molecule has 1 saturated carbocycles. The van der Waals surface area contributed by atoms with Crippen LogP contribution >= 0.6 is 23.2 Å². The third-order valence-corrected chi connectivity index (χ3v) is 5.48. The number of rotatable bonds is 4. The second kappa shape index (κ2) is 6.45. The molecule has 0 aliphatic heterocycles. The molecule has 1 atom stereocenters. The normalized spacial score (nSPS) is 22.0. The second-order valence-corrected chi connectivity index (χ2v) is 7.73. The molecule has 0 heterocycles. The summed E-state index contributed by atoms with van der Waals surface area (Å²) in [6, 6.07) is 5.40. The smallest absolute Gasteiger partial charge is 0.0940 e. The number of methoxy groups -OCH3 is 1. The fourth-order valence-electron chi connectivity index (χ4n) is 3.10. The highest BCUT2D eigenvalue weighted by Crippen LogP contribution is 2.44. The van der Waals surface area contributed by atoms with Crippen LogP contribution in [-0.4, -0.2) is 23.9 Å². The van der Waals surface area contributed by atoms with Crippen molar-refractivity contribution in [2.45, 2.75) is 57.7 Å². The highest BCUT2D eigenvalue weighted by molar-refractivity contribution is 6.35. The molecule has 1 fully saturated rings. The van der Waals surface area contributed by atoms with Crippen LogP contribution in [0.25, 0.3) is 0 Å². The van der Waals surface area contributed by atoms with E-state index in [0.717, 1.165) is 31.2 Å². The quantitative estimate of drug-likeness (QED) is 0.852. The van der Waals surface area contributed by atoms with Crippen LogP contribution in [0.3, 0.4) is 0 Å². The van der Waals surface area contributed by atoms with Crippen LogP contribution in [0.2, 0.25) is 10.0 Å². The Hall–Kier alpha value is -0.280. The highest BCUT2D eigenvalue weighted by Gasteiger charge is 2.43. The number of aliphatic hydroxyl groups is 1. The van der Waals surface area contributed by atoms with Gasteiger partial charge in [0, 0.05) is 23.6 Å². The lowest BCUT2D eigenvalue weighted by Gasteiger charge is -2.45. The summed E-state index contributed by atoms with van der Waals surface area (Å²) in [5, 5.41) is 11.9. The monoisotopic (exact) mass is 330 g/mol. The average molecular weight is 331 g/mol. The number of halogens is 2. The largest absolute Gasteiger partial charge is 0.390 e. The third kappa shape index (κ3) is 3.92. The summed E-state index contributed by atoms with van der Waals surface area (Å²) in [6.07, 6.45) is 3.81. The molecular weight excluding hydrogens is 307 g/mol. The molecule has 2 nitrogen and oxygen atoms in total. The standard InChI is InChI=1S/C17H24Cl2O2/c1-16(2)6-8-17(21-3,9-7-16)15(20)10-12-4-5-13(18)11-14(12)19/h4-5,11,15,20H,6-10H2,1-3H3. The molecule has 1 N–H and O–H groups in total. The Morgan fingerprint density at radius 2 is 1.81 bits per heavy atom. The van der Waals surface area contributed by atoms with Crippen molar-refractivity contribution in [2.75, 3.05) is 7.11 Å². The van der Waals surface area contributed by atoms with Gasteiger partial charge in [0.2, 0.25) is 0 Å². The van der Waals surface area contributed by atoms with Crippen molar-refractivity contribution < 1.29 is 9.84 Å². The molecule has 0 bridgehead atoms. The summed E-state index contributed by atoms with van der Waals surface area (Å²) >= 11 is 12.1. The van der Waals surface area contributed by atoms with Crippen LogP contribution in [-0.2, 0) is 11.2 Å². The van der Waals surface area contributed by atoms with Gasteiger partial charge in [0.1, 0.15) is 0 Å². The van der Waals surface area contributed by atoms with Crippen molar-refractivity contribution in [1.82, 2.24) is 0 Å². The molecule has 0 amide bonds. The Morgan fingerprint density at radius 3 is 2.33 bits per heavy atom. The SMILES string of the molecule is COC1(C(O)Cc2ccc(Cl)cc2Cl)CCC(C)(C)CC1. The van der Waals surface area contributed by atoms with Gasteiger partial charge in [-0.25, -0.2) is 0 Å². The highest BCUT2D eigenvalue weighted by atomic mass is 35.5. The van der Waals surface area contributed by atoms with E-state index in [0.29, 0.717) is 21.9 Å². The summed E-state index contributed by atoms with van der Waals surface area (Å²) < 4.78 is 5.75. The van der Waals surface area contributed by atoms with E-state index in [1.165, 1.54) is 0 Å². The Labute approximate surface area is 137 Å². The van der Waals surface area contributed by atoms with Gasteiger partial charge in [-0.1, -0.05) is 43.1 Å². The molecule has 1 aliphatic carbocycles. The molecular formula is C17H24Cl2O2. The van der Waals surface area contributed by atoms with E-state index in [1.807, 2.05) is 6.07 Å². The topological polar surface area (TPSA) is 29.5 Å². The zero-order valence-electron chi connectivity index (χ0n) is 13.0. The molecule has 1 unspecified atom stereocenters. The lowest BCUT2D eigenvalue weighted by atomic mass is 9.68. The van der Waals surface area contributed by atoms with Gasteiger partial charge < -0.3 is 9.84 Å². The number of benzene rings is 1. The van der Waals surface area contributed by atoms with Crippen molar-refractivity contribution in [3.8, 4) is 0 Å². The molecule has 0 aromatic heterocycles. The minimum absolute atomic E-state index is 0.333. The van der Waals surface area contributed by atoms with E-state index in [-0.39, 0.29) is 0 Å². The molecule has 1 aromatic carbocycles. The van der Waals surface area contributed by atoms with Crippen LogP contribution in [0.5, 0.6) is 0 Å². The molecule has 0 saturated heterocycles. The maximum absolute atomic E-state index is 10.7. The first-order valence-corrected chi connectivity index (χ1v) is 8.21. The predicted octanol–water partition coefficient (Wildman–Crippen LogP) is 4.88. The van der Waals surface area contributed by atoms with Gasteiger partial charge in [-0.05, 0) is 48.8 Å². The molecule has 0 radical (unpaired) electrons. The summed E-state index contributed by atoms with van der Waals surface area (Å²) in [7, 11) is 1.70. The van der Waals surface area contributed by atoms with Crippen molar-refractivity contribution in [3.63, 3.8) is 0 Å². The Morgan fingerprint density at radius 1 is 1.19 bits per heavy atom. The van der Waals surface area contributed by atoms with Crippen molar-refractivity contribution >= 4 is 23.2 Å². The Bertz CT molecular complexity index is 490. The summed E-state index contributed by atoms with van der Waals surface area (Å²) in [4.78, 5) is 0. The lowest BCUT2D eigenvalue weighted by molar-refractivity contribution is -0.135. The van der Waals surface area contributed by atoms with Crippen molar-refractivity contribution in [3.05, 3.63) is 33.8 Å². The molecule has 21 heavy (non-hydrogen) atoms. The van der Waals surface area contributed by atoms with Gasteiger partial charge in [0.25, 0.3) is 0 Å². The number of ether oxygens (including phenoxy) is 1. The van der Waals surface area contributed by atoms with Gasteiger partial charge in [0.15, 0.2) is 0 Å². The van der Waals surface area contributed by atoms with Gasteiger partial charge in [-0.15, -0.1) is 0 Å². The second-order valence-electron chi connectivity index (χ2n) is 6.89. The van der Waals surface area contributed by atoms with E-state index < -0.39 is 11.7 Å². The van der Waals surface area contributed by atoms with Crippen LogP contribution in [0.4, 0.5) is 0 Å². The summed E-state index contributed by atoms with van der Waals surface area (Å²) in [6.45, 7) is 4.55. The minimum atomic E-state index is -0.558. The molecule has 0 spiro atoms. The van der Waals surface area contributed by atoms with E-state index in [9.17, 15) is 5.11 Å². The summed E-state index contributed by atoms with van der Waals surface area (Å²) in [5.41, 5.74) is 0.785. The number of hydrogen-bond donors (Lipinski definition) is 1. The van der Waals surface area contributed by atoms with Crippen LogP contribution in [0.1, 0.15) is 45.1 Å². The number of aliphatic hydroxyl groups excluding tert-OH is 1. The van der Waals surface area contributed by atoms with E-state index in [2.05, 4.69) is 13.8 Å². The number of hydrogen-bond acceptors (Lipinski definition) is 2. The zero-order valence-corrected chi connectivity index (χ0v) is 14.5. The first-order valence-electron chi connectivity index (χ1n) is 7.45. The van der Waals surface area contributed by atoms with Crippen LogP contribution in [0.15, 0.2) is 18.2 Å². The van der Waals surface area contributed by atoms with Crippen LogP contribution in [0, 0.1) is 5.41 Å². The first-order chi connectivity index (χ1) is 9.78. The molecule has 4 heteroatoms. The van der Waals surface area contributed by atoms with Gasteiger partial charge in [0.05, 0.1) is 11.7 Å². The Balaban J connectivity index is 2.12. The van der Waals surface area contributed by atoms with Gasteiger partial charge in [-0.2, -0.15) is 0 Å². The fraction of sp³-hybridized carbons (Fsp3) is 0.647. The van der Waals surface area contributed by atoms with Crippen LogP contribution < -0.4 is 0 Å². The van der Waals surface area contributed by atoms with E-state index in [1.54, 1.807) is 19.2 Å². The molecule has 1 aliphatic rings. The average Bonchev–Trinajstić information content (AvgIpc) is 2.42. The maximum atomic E-state index is 10.7. The lowest BCUT2D eigenvalue weighted by Crippen LogP contribution is -2.49. The van der Waals surface area contributed by atoms with Gasteiger partial charge >= 0.3 is 0 Å². The molecule has 2 rings (SSSR count). The molecule has 1 aromatic rings. The maximum Gasteiger partial charge on any atom is 0.0940 e. The third-order valence-electron chi connectivity index (χ3n) is 4.89. The first kappa shape index (κ1) is 17.1. The zero-order chi connectivity index (χ0) is 15.7. The predicted molar refractivity (Wildman–Crippen MR) is 88.2 cm³/mol. The summed E-state index contributed by atoms with van der Waals surface area (Å²) in [5.74, 6) is 0. The van der Waals surface area contributed by atoms with E-state index in [4.69, 9.17) is 27.9 Å². The van der Waals surface area contributed by atoms with Crippen molar-refractivity contribution in [1.29, 1.82) is 0 Å². The van der Waals surface area contributed by atoms with Gasteiger partial charge in [-0.3, -0.25) is 0 Å².